The zero-order valence-electron chi connectivity index (χ0n) is 17.9. The van der Waals surface area contributed by atoms with Gasteiger partial charge in [-0.3, -0.25) is 14.9 Å². The first kappa shape index (κ1) is 21.4. The maximum Gasteiger partial charge on any atom is 0.353 e. The van der Waals surface area contributed by atoms with Gasteiger partial charge in [0.25, 0.3) is 0 Å². The number of aromatic nitrogens is 2. The van der Waals surface area contributed by atoms with Crippen LogP contribution in [-0.4, -0.2) is 33.8 Å². The molecule has 0 amide bonds. The van der Waals surface area contributed by atoms with E-state index in [1.807, 2.05) is 11.0 Å². The van der Waals surface area contributed by atoms with Crippen molar-refractivity contribution in [3.8, 4) is 0 Å². The van der Waals surface area contributed by atoms with Crippen LogP contribution in [0.3, 0.4) is 0 Å². The van der Waals surface area contributed by atoms with Gasteiger partial charge >= 0.3 is 5.69 Å². The quantitative estimate of drug-likeness (QED) is 0.326. The van der Waals surface area contributed by atoms with Gasteiger partial charge in [0.1, 0.15) is 6.33 Å². The average molecular weight is 431 g/mol. The van der Waals surface area contributed by atoms with Crippen LogP contribution in [0.15, 0.2) is 60.9 Å². The van der Waals surface area contributed by atoms with Crippen molar-refractivity contribution in [2.45, 2.75) is 26.2 Å². The topological polar surface area (TPSA) is 101 Å². The molecule has 1 aliphatic heterocycles. The summed E-state index contributed by atoms with van der Waals surface area (Å²) in [5.41, 5.74) is 2.25. The molecule has 3 aromatic rings. The van der Waals surface area contributed by atoms with Gasteiger partial charge in [-0.05, 0) is 49.8 Å². The summed E-state index contributed by atoms with van der Waals surface area (Å²) in [7, 11) is 0. The predicted octanol–water partition coefficient (Wildman–Crippen LogP) is 4.79. The highest BCUT2D eigenvalue weighted by Gasteiger charge is 2.30. The third-order valence-electron chi connectivity index (χ3n) is 5.80. The number of nitrogens with zero attached hydrogens (tertiary/aromatic N) is 4. The average Bonchev–Trinajstić information content (AvgIpc) is 2.80. The number of benzene rings is 2. The Morgan fingerprint density at radius 2 is 1.88 bits per heavy atom. The Balaban J connectivity index is 1.52. The SMILES string of the molecule is CC(=O)c1cccc(Nc2ncnc(N3CCC(Cc4ccccc4)CC3)c2[N+](=O)[O-])c1. The number of piperidine rings is 1. The van der Waals surface area contributed by atoms with Gasteiger partial charge in [-0.15, -0.1) is 0 Å². The van der Waals surface area contributed by atoms with E-state index in [1.54, 1.807) is 24.3 Å². The summed E-state index contributed by atoms with van der Waals surface area (Å²) in [6.07, 6.45) is 4.24. The first-order chi connectivity index (χ1) is 15.5. The molecule has 8 nitrogen and oxygen atoms in total. The molecule has 0 bridgehead atoms. The Morgan fingerprint density at radius 3 is 2.56 bits per heavy atom. The predicted molar refractivity (Wildman–Crippen MR) is 123 cm³/mol. The van der Waals surface area contributed by atoms with Gasteiger partial charge in [0.15, 0.2) is 5.78 Å². The molecule has 32 heavy (non-hydrogen) atoms. The van der Waals surface area contributed by atoms with Crippen molar-refractivity contribution in [3.05, 3.63) is 82.2 Å². The lowest BCUT2D eigenvalue weighted by atomic mass is 9.90. The lowest BCUT2D eigenvalue weighted by molar-refractivity contribution is -0.383. The molecule has 0 atom stereocenters. The van der Waals surface area contributed by atoms with Crippen LogP contribution in [0, 0.1) is 16.0 Å². The van der Waals surface area contributed by atoms with Crippen molar-refractivity contribution in [1.29, 1.82) is 0 Å². The molecule has 1 saturated heterocycles. The van der Waals surface area contributed by atoms with E-state index in [9.17, 15) is 14.9 Å². The molecule has 2 aromatic carbocycles. The monoisotopic (exact) mass is 431 g/mol. The van der Waals surface area contributed by atoms with Gasteiger partial charge in [0.05, 0.1) is 4.92 Å². The fourth-order valence-electron chi connectivity index (χ4n) is 4.11. The maximum atomic E-state index is 12.0. The van der Waals surface area contributed by atoms with E-state index >= 15 is 0 Å². The number of carbonyl (C=O) groups excluding carboxylic acids is 1. The van der Waals surface area contributed by atoms with Crippen LogP contribution in [0.5, 0.6) is 0 Å². The summed E-state index contributed by atoms with van der Waals surface area (Å²) in [4.78, 5) is 33.5. The van der Waals surface area contributed by atoms with Crippen LogP contribution in [0.25, 0.3) is 0 Å². The molecule has 8 heteroatoms. The molecule has 4 rings (SSSR count). The van der Waals surface area contributed by atoms with Gasteiger partial charge in [0.2, 0.25) is 11.6 Å². The molecule has 0 unspecified atom stereocenters. The van der Waals surface area contributed by atoms with Crippen LogP contribution >= 0.6 is 0 Å². The molecular formula is C24H25N5O3. The summed E-state index contributed by atoms with van der Waals surface area (Å²) in [6.45, 7) is 2.88. The van der Waals surface area contributed by atoms with Gasteiger partial charge in [0, 0.05) is 24.3 Å². The van der Waals surface area contributed by atoms with Gasteiger partial charge in [-0.2, -0.15) is 0 Å². The van der Waals surface area contributed by atoms with E-state index in [2.05, 4.69) is 39.6 Å². The van der Waals surface area contributed by atoms with Crippen LogP contribution in [-0.2, 0) is 6.42 Å². The minimum atomic E-state index is -0.442. The van der Waals surface area contributed by atoms with E-state index in [0.29, 0.717) is 36.1 Å². The Bertz CT molecular complexity index is 1110. The number of nitro groups is 1. The number of anilines is 3. The normalized spacial score (nSPS) is 14.2. The molecule has 0 aliphatic carbocycles. The molecule has 0 spiro atoms. The van der Waals surface area contributed by atoms with E-state index in [-0.39, 0.29) is 17.3 Å². The summed E-state index contributed by atoms with van der Waals surface area (Å²) in [5, 5.41) is 15.0. The van der Waals surface area contributed by atoms with Crippen molar-refractivity contribution < 1.29 is 9.72 Å². The largest absolute Gasteiger partial charge is 0.353 e. The second kappa shape index (κ2) is 9.55. The van der Waals surface area contributed by atoms with Gasteiger partial charge in [-0.25, -0.2) is 9.97 Å². The number of Topliss-reactive ketones (excluding diaryl/α,β-unsaturated/α-hetero) is 1. The van der Waals surface area contributed by atoms with Crippen molar-refractivity contribution in [3.63, 3.8) is 0 Å². The fraction of sp³-hybridized carbons (Fsp3) is 0.292. The van der Waals surface area contributed by atoms with Crippen molar-refractivity contribution in [2.24, 2.45) is 5.92 Å². The second-order valence-corrected chi connectivity index (χ2v) is 8.03. The Hall–Kier alpha value is -3.81. The number of carbonyl (C=O) groups is 1. The number of ketones is 1. The minimum Gasteiger partial charge on any atom is -0.351 e. The number of hydrogen-bond donors (Lipinski definition) is 1. The molecule has 1 aliphatic rings. The highest BCUT2D eigenvalue weighted by atomic mass is 16.6. The molecule has 1 N–H and O–H groups in total. The Kier molecular flexibility index (Phi) is 6.39. The minimum absolute atomic E-state index is 0.0788. The third kappa shape index (κ3) is 4.91. The van der Waals surface area contributed by atoms with Crippen LogP contribution in [0.4, 0.5) is 23.0 Å². The third-order valence-corrected chi connectivity index (χ3v) is 5.80. The van der Waals surface area contributed by atoms with Gasteiger partial charge < -0.3 is 10.2 Å². The lowest BCUT2D eigenvalue weighted by Gasteiger charge is -2.32. The van der Waals surface area contributed by atoms with Crippen molar-refractivity contribution in [2.75, 3.05) is 23.3 Å². The number of rotatable bonds is 7. The zero-order valence-corrected chi connectivity index (χ0v) is 17.9. The molecule has 2 heterocycles. The molecule has 0 saturated carbocycles. The van der Waals surface area contributed by atoms with Crippen molar-refractivity contribution in [1.82, 2.24) is 9.97 Å². The van der Waals surface area contributed by atoms with Gasteiger partial charge in [-0.1, -0.05) is 42.5 Å². The zero-order chi connectivity index (χ0) is 22.5. The highest BCUT2D eigenvalue weighted by Crippen LogP contribution is 2.36. The summed E-state index contributed by atoms with van der Waals surface area (Å²) >= 11 is 0. The molecule has 0 radical (unpaired) electrons. The van der Waals surface area contributed by atoms with Crippen molar-refractivity contribution >= 4 is 28.8 Å². The fourth-order valence-corrected chi connectivity index (χ4v) is 4.11. The smallest absolute Gasteiger partial charge is 0.351 e. The Morgan fingerprint density at radius 1 is 1.12 bits per heavy atom. The molecule has 1 fully saturated rings. The van der Waals surface area contributed by atoms with E-state index in [4.69, 9.17) is 0 Å². The molecule has 164 valence electrons. The van der Waals surface area contributed by atoms with Crippen LogP contribution in [0.2, 0.25) is 0 Å². The van der Waals surface area contributed by atoms with E-state index in [0.717, 1.165) is 19.3 Å². The first-order valence-corrected chi connectivity index (χ1v) is 10.7. The highest BCUT2D eigenvalue weighted by molar-refractivity contribution is 5.95. The standard InChI is InChI=1S/C24H25N5O3/c1-17(30)20-8-5-9-21(15-20)27-23-22(29(31)32)24(26-16-25-23)28-12-10-19(11-13-28)14-18-6-3-2-4-7-18/h2-9,15-16,19H,10-14H2,1H3,(H,25,26,27). The van der Waals surface area contributed by atoms with Crippen LogP contribution < -0.4 is 10.2 Å². The summed E-state index contributed by atoms with van der Waals surface area (Å²) in [5.74, 6) is 0.909. The van der Waals surface area contributed by atoms with E-state index in [1.165, 1.54) is 18.8 Å². The molecular weight excluding hydrogens is 406 g/mol. The van der Waals surface area contributed by atoms with E-state index < -0.39 is 4.92 Å². The Labute approximate surface area is 186 Å². The first-order valence-electron chi connectivity index (χ1n) is 10.7. The van der Waals surface area contributed by atoms with Crippen LogP contribution in [0.1, 0.15) is 35.7 Å². The second-order valence-electron chi connectivity index (χ2n) is 8.03. The summed E-state index contributed by atoms with van der Waals surface area (Å²) < 4.78 is 0. The maximum absolute atomic E-state index is 12.0. The molecule has 1 aromatic heterocycles. The number of hydrogen-bond acceptors (Lipinski definition) is 7. The number of nitrogens with one attached hydrogen (secondary N) is 1. The lowest BCUT2D eigenvalue weighted by Crippen LogP contribution is -2.35. The summed E-state index contributed by atoms with van der Waals surface area (Å²) in [6, 6.07) is 17.2.